The Kier molecular flexibility index (Phi) is 5.45. The molecule has 1 N–H and O–H groups in total. The molecule has 4 rings (SSSR count). The van der Waals surface area contributed by atoms with Crippen molar-refractivity contribution in [3.63, 3.8) is 0 Å². The Hall–Kier alpha value is -3.33. The normalized spacial score (nSPS) is 11.1. The Morgan fingerprint density at radius 3 is 2.47 bits per heavy atom. The number of ether oxygens (including phenoxy) is 1. The summed E-state index contributed by atoms with van der Waals surface area (Å²) >= 11 is 3.33. The van der Waals surface area contributed by atoms with Crippen molar-refractivity contribution in [2.75, 3.05) is 12.4 Å². The maximum absolute atomic E-state index is 13.7. The lowest BCUT2D eigenvalue weighted by atomic mass is 10.1. The van der Waals surface area contributed by atoms with Crippen LogP contribution in [0.3, 0.4) is 0 Å². The first-order valence-corrected chi connectivity index (χ1v) is 9.63. The summed E-state index contributed by atoms with van der Waals surface area (Å²) in [6.07, 6.45) is -1.56. The summed E-state index contributed by atoms with van der Waals surface area (Å²) in [5.41, 5.74) is 1.26. The molecular weight excluding hydrogens is 458 g/mol. The Balaban J connectivity index is 1.78. The van der Waals surface area contributed by atoms with E-state index in [-0.39, 0.29) is 16.9 Å². The van der Waals surface area contributed by atoms with Gasteiger partial charge in [0.25, 0.3) is 12.3 Å². The maximum atomic E-state index is 13.7. The highest BCUT2D eigenvalue weighted by atomic mass is 79.9. The van der Waals surface area contributed by atoms with Crippen LogP contribution in [-0.4, -0.2) is 27.6 Å². The third-order valence-electron chi connectivity index (χ3n) is 4.46. The number of methoxy groups -OCH3 is 1. The third kappa shape index (κ3) is 3.88. The van der Waals surface area contributed by atoms with Crippen molar-refractivity contribution in [2.45, 2.75) is 6.43 Å². The highest BCUT2D eigenvalue weighted by Crippen LogP contribution is 2.28. The van der Waals surface area contributed by atoms with Gasteiger partial charge in [-0.05, 0) is 54.6 Å². The fourth-order valence-electron chi connectivity index (χ4n) is 2.94. The Bertz CT molecular complexity index is 1210. The van der Waals surface area contributed by atoms with Gasteiger partial charge in [-0.2, -0.15) is 5.10 Å². The molecule has 0 fully saturated rings. The molecule has 0 saturated carbocycles. The second kappa shape index (κ2) is 8.19. The summed E-state index contributed by atoms with van der Waals surface area (Å²) in [7, 11) is 1.54. The summed E-state index contributed by atoms with van der Waals surface area (Å²) < 4.78 is 34.4. The zero-order chi connectivity index (χ0) is 21.3. The quantitative estimate of drug-likeness (QED) is 0.424. The first kappa shape index (κ1) is 20.0. The van der Waals surface area contributed by atoms with Crippen LogP contribution in [0.15, 0.2) is 65.3 Å². The predicted octanol–water partition coefficient (Wildman–Crippen LogP) is 5.36. The molecule has 0 aliphatic carbocycles. The van der Waals surface area contributed by atoms with Crippen LogP contribution in [0.1, 0.15) is 22.5 Å². The molecule has 2 aromatic carbocycles. The highest BCUT2D eigenvalue weighted by molar-refractivity contribution is 9.10. The average Bonchev–Trinajstić information content (AvgIpc) is 3.18. The number of benzene rings is 2. The molecular formula is C21H15BrF2N4O2. The van der Waals surface area contributed by atoms with E-state index in [4.69, 9.17) is 4.74 Å². The van der Waals surface area contributed by atoms with Gasteiger partial charge in [0.2, 0.25) is 0 Å². The molecule has 0 aliphatic heterocycles. The topological polar surface area (TPSA) is 68.5 Å². The Labute approximate surface area is 178 Å². The summed E-state index contributed by atoms with van der Waals surface area (Å²) in [5, 5.41) is 6.69. The van der Waals surface area contributed by atoms with E-state index in [1.165, 1.54) is 19.4 Å². The number of rotatable bonds is 5. The monoisotopic (exact) mass is 472 g/mol. The van der Waals surface area contributed by atoms with Gasteiger partial charge in [0.05, 0.1) is 19.0 Å². The molecule has 2 heterocycles. The second-order valence-corrected chi connectivity index (χ2v) is 7.27. The maximum Gasteiger partial charge on any atom is 0.280 e. The van der Waals surface area contributed by atoms with Gasteiger partial charge in [-0.25, -0.2) is 18.3 Å². The molecule has 0 bridgehead atoms. The number of hydrogen-bond donors (Lipinski definition) is 1. The minimum absolute atomic E-state index is 0.0493. The lowest BCUT2D eigenvalue weighted by molar-refractivity contribution is 0.102. The predicted molar refractivity (Wildman–Crippen MR) is 112 cm³/mol. The van der Waals surface area contributed by atoms with Crippen LogP contribution < -0.4 is 10.1 Å². The van der Waals surface area contributed by atoms with Crippen LogP contribution in [0.5, 0.6) is 5.75 Å². The standard InChI is InChI=1S/C21H15BrF2N4O2/c1-30-15-8-2-12(3-9-15)17-10-18(19(23)24)28-20(27-17)16(11-25-28)21(29)26-14-6-4-13(22)5-7-14/h2-11,19H,1H3,(H,26,29). The number of alkyl halides is 2. The highest BCUT2D eigenvalue weighted by Gasteiger charge is 2.21. The number of hydrogen-bond acceptors (Lipinski definition) is 4. The average molecular weight is 473 g/mol. The van der Waals surface area contributed by atoms with Crippen molar-refractivity contribution in [1.82, 2.24) is 14.6 Å². The van der Waals surface area contributed by atoms with E-state index in [1.807, 2.05) is 0 Å². The third-order valence-corrected chi connectivity index (χ3v) is 4.98. The molecule has 152 valence electrons. The zero-order valence-corrected chi connectivity index (χ0v) is 17.2. The van der Waals surface area contributed by atoms with Gasteiger partial charge in [0, 0.05) is 15.7 Å². The van der Waals surface area contributed by atoms with Crippen LogP contribution in [0.25, 0.3) is 16.9 Å². The van der Waals surface area contributed by atoms with E-state index in [1.54, 1.807) is 48.5 Å². The molecule has 9 heteroatoms. The van der Waals surface area contributed by atoms with Gasteiger partial charge in [-0.3, -0.25) is 4.79 Å². The molecule has 0 unspecified atom stereocenters. The van der Waals surface area contributed by atoms with E-state index in [0.29, 0.717) is 22.7 Å². The van der Waals surface area contributed by atoms with Crippen LogP contribution >= 0.6 is 15.9 Å². The van der Waals surface area contributed by atoms with Gasteiger partial charge < -0.3 is 10.1 Å². The largest absolute Gasteiger partial charge is 0.497 e. The fraction of sp³-hybridized carbons (Fsp3) is 0.0952. The molecule has 1 amide bonds. The minimum atomic E-state index is -2.80. The Morgan fingerprint density at radius 1 is 1.13 bits per heavy atom. The molecule has 0 radical (unpaired) electrons. The number of carbonyl (C=O) groups excluding carboxylic acids is 1. The molecule has 0 aliphatic rings. The van der Waals surface area contributed by atoms with Crippen molar-refractivity contribution in [1.29, 1.82) is 0 Å². The number of fused-ring (bicyclic) bond motifs is 1. The van der Waals surface area contributed by atoms with Crippen molar-refractivity contribution >= 4 is 33.2 Å². The van der Waals surface area contributed by atoms with E-state index in [0.717, 1.165) is 8.99 Å². The number of nitrogens with one attached hydrogen (secondary N) is 1. The fourth-order valence-corrected chi connectivity index (χ4v) is 3.21. The molecule has 2 aromatic heterocycles. The number of nitrogens with zero attached hydrogens (tertiary/aromatic N) is 3. The van der Waals surface area contributed by atoms with Crippen LogP contribution in [0.2, 0.25) is 0 Å². The first-order chi connectivity index (χ1) is 14.5. The van der Waals surface area contributed by atoms with Crippen LogP contribution in [0.4, 0.5) is 14.5 Å². The van der Waals surface area contributed by atoms with E-state index >= 15 is 0 Å². The Morgan fingerprint density at radius 2 is 1.83 bits per heavy atom. The molecule has 4 aromatic rings. The van der Waals surface area contributed by atoms with Crippen LogP contribution in [-0.2, 0) is 0 Å². The molecule has 0 spiro atoms. The van der Waals surface area contributed by atoms with Crippen molar-refractivity contribution < 1.29 is 18.3 Å². The zero-order valence-electron chi connectivity index (χ0n) is 15.6. The number of carbonyl (C=O) groups is 1. The number of halogens is 3. The van der Waals surface area contributed by atoms with Crippen molar-refractivity contribution in [3.8, 4) is 17.0 Å². The van der Waals surface area contributed by atoms with Gasteiger partial charge in [0.15, 0.2) is 5.65 Å². The van der Waals surface area contributed by atoms with Crippen molar-refractivity contribution in [3.05, 3.63) is 76.5 Å². The molecule has 6 nitrogen and oxygen atoms in total. The number of anilines is 1. The second-order valence-electron chi connectivity index (χ2n) is 6.35. The smallest absolute Gasteiger partial charge is 0.280 e. The first-order valence-electron chi connectivity index (χ1n) is 8.84. The molecule has 0 saturated heterocycles. The van der Waals surface area contributed by atoms with Gasteiger partial charge in [-0.15, -0.1) is 0 Å². The molecule has 30 heavy (non-hydrogen) atoms. The van der Waals surface area contributed by atoms with E-state index < -0.39 is 12.3 Å². The molecule has 0 atom stereocenters. The summed E-state index contributed by atoms with van der Waals surface area (Å²) in [4.78, 5) is 17.2. The summed E-state index contributed by atoms with van der Waals surface area (Å²) in [6.45, 7) is 0. The van der Waals surface area contributed by atoms with Crippen molar-refractivity contribution in [2.24, 2.45) is 0 Å². The van der Waals surface area contributed by atoms with E-state index in [9.17, 15) is 13.6 Å². The number of amides is 1. The summed E-state index contributed by atoms with van der Waals surface area (Å²) in [6, 6.07) is 15.1. The lowest BCUT2D eigenvalue weighted by Gasteiger charge is -2.09. The SMILES string of the molecule is COc1ccc(-c2cc(C(F)F)n3ncc(C(=O)Nc4ccc(Br)cc4)c3n2)cc1. The minimum Gasteiger partial charge on any atom is -0.497 e. The summed E-state index contributed by atoms with van der Waals surface area (Å²) in [5.74, 6) is 0.139. The van der Waals surface area contributed by atoms with Gasteiger partial charge >= 0.3 is 0 Å². The van der Waals surface area contributed by atoms with Gasteiger partial charge in [-0.1, -0.05) is 15.9 Å². The van der Waals surface area contributed by atoms with Crippen LogP contribution in [0, 0.1) is 0 Å². The lowest BCUT2D eigenvalue weighted by Crippen LogP contribution is -2.12. The van der Waals surface area contributed by atoms with E-state index in [2.05, 4.69) is 31.3 Å². The number of aromatic nitrogens is 3. The van der Waals surface area contributed by atoms with Gasteiger partial charge in [0.1, 0.15) is 17.0 Å².